The lowest BCUT2D eigenvalue weighted by atomic mass is 10.0. The average Bonchev–Trinajstić information content (AvgIpc) is 3.42. The minimum atomic E-state index is -0.772. The second kappa shape index (κ2) is 64.6. The topological polar surface area (TPSA) is 78.9 Å². The highest BCUT2D eigenvalue weighted by atomic mass is 16.6. The van der Waals surface area contributed by atoms with Crippen molar-refractivity contribution >= 4 is 17.9 Å². The zero-order valence-corrected chi connectivity index (χ0v) is 50.8. The number of carbonyl (C=O) groups is 3. The molecule has 0 N–H and O–H groups in total. The molecule has 0 bridgehead atoms. The number of rotatable bonds is 61. The second-order valence-electron chi connectivity index (χ2n) is 22.4. The zero-order chi connectivity index (χ0) is 55.0. The van der Waals surface area contributed by atoms with Crippen LogP contribution in [0.3, 0.4) is 0 Å². The van der Waals surface area contributed by atoms with Gasteiger partial charge in [0.2, 0.25) is 0 Å². The van der Waals surface area contributed by atoms with Crippen molar-refractivity contribution in [2.24, 2.45) is 0 Å². The number of hydrogen-bond donors (Lipinski definition) is 0. The van der Waals surface area contributed by atoms with Crippen LogP contribution in [0.5, 0.6) is 0 Å². The molecular formula is C70H126O6. The number of esters is 3. The Labute approximate surface area is 472 Å². The molecule has 1 atom stereocenters. The second-order valence-corrected chi connectivity index (χ2v) is 22.4. The van der Waals surface area contributed by atoms with Gasteiger partial charge in [0.1, 0.15) is 13.2 Å². The number of ether oxygens (including phenoxy) is 3. The maximum absolute atomic E-state index is 12.8. The smallest absolute Gasteiger partial charge is 0.306 e. The quantitative estimate of drug-likeness (QED) is 0.0261. The Balaban J connectivity index is 3.98. The third kappa shape index (κ3) is 62.0. The number of carbonyl (C=O) groups excluding carboxylic acids is 3. The maximum Gasteiger partial charge on any atom is 0.306 e. The SMILES string of the molecule is CC/C=C\C/C=C\C/C=C\C/C=C\CCCCCCCCCCCCCCCCCCCCCCCCC(=O)OCC(COC(=O)CCCCCCCCCCCCC)OC(=O)CCCCCCC/C=C\CCCCC. The average molecular weight is 1060 g/mol. The molecule has 0 rings (SSSR count). The molecule has 6 nitrogen and oxygen atoms in total. The molecule has 0 fully saturated rings. The maximum atomic E-state index is 12.8. The van der Waals surface area contributed by atoms with E-state index in [1.54, 1.807) is 0 Å². The van der Waals surface area contributed by atoms with Gasteiger partial charge in [-0.05, 0) is 83.5 Å². The molecular weight excluding hydrogens is 937 g/mol. The highest BCUT2D eigenvalue weighted by molar-refractivity contribution is 5.71. The first kappa shape index (κ1) is 73.1. The van der Waals surface area contributed by atoms with Crippen LogP contribution in [0.2, 0.25) is 0 Å². The van der Waals surface area contributed by atoms with E-state index < -0.39 is 6.10 Å². The minimum absolute atomic E-state index is 0.0713. The monoisotopic (exact) mass is 1060 g/mol. The molecule has 0 saturated carbocycles. The van der Waals surface area contributed by atoms with Gasteiger partial charge < -0.3 is 14.2 Å². The van der Waals surface area contributed by atoms with E-state index in [1.165, 1.54) is 218 Å². The molecule has 0 aliphatic carbocycles. The highest BCUT2D eigenvalue weighted by Gasteiger charge is 2.19. The van der Waals surface area contributed by atoms with Crippen LogP contribution >= 0.6 is 0 Å². The van der Waals surface area contributed by atoms with Crippen LogP contribution in [0.1, 0.15) is 348 Å². The van der Waals surface area contributed by atoms with Crippen molar-refractivity contribution in [2.75, 3.05) is 13.2 Å². The van der Waals surface area contributed by atoms with Gasteiger partial charge in [-0.2, -0.15) is 0 Å². The molecule has 76 heavy (non-hydrogen) atoms. The van der Waals surface area contributed by atoms with Gasteiger partial charge in [0, 0.05) is 19.3 Å². The standard InChI is InChI=1S/C70H126O6/c1-4-7-10-13-16-19-22-24-25-26-27-28-29-30-31-32-33-34-35-36-37-38-39-40-41-42-43-44-45-46-49-51-54-57-60-63-69(72)75-66-67(65-74-68(71)62-59-56-53-50-47-21-18-15-12-9-6-3)76-70(73)64-61-58-55-52-48-23-20-17-14-11-8-5-2/h7,10,16-17,19-20,24-25,27-28,67H,4-6,8-9,11-15,18,21-23,26,29-66H2,1-3H3/b10-7-,19-16-,20-17-,25-24-,28-27-. The van der Waals surface area contributed by atoms with Crippen LogP contribution < -0.4 is 0 Å². The lowest BCUT2D eigenvalue weighted by molar-refractivity contribution is -0.167. The third-order valence-electron chi connectivity index (χ3n) is 14.8. The van der Waals surface area contributed by atoms with E-state index in [-0.39, 0.29) is 31.1 Å². The molecule has 442 valence electrons. The summed E-state index contributed by atoms with van der Waals surface area (Å²) in [5.41, 5.74) is 0. The summed E-state index contributed by atoms with van der Waals surface area (Å²) in [6, 6.07) is 0. The zero-order valence-electron chi connectivity index (χ0n) is 50.8. The van der Waals surface area contributed by atoms with Gasteiger partial charge in [-0.15, -0.1) is 0 Å². The van der Waals surface area contributed by atoms with Crippen molar-refractivity contribution in [1.29, 1.82) is 0 Å². The number of unbranched alkanes of at least 4 members (excludes halogenated alkanes) is 40. The molecule has 0 radical (unpaired) electrons. The molecule has 0 spiro atoms. The molecule has 0 aliphatic heterocycles. The lowest BCUT2D eigenvalue weighted by Gasteiger charge is -2.18. The summed E-state index contributed by atoms with van der Waals surface area (Å²) >= 11 is 0. The van der Waals surface area contributed by atoms with Crippen LogP contribution in [0, 0.1) is 0 Å². The van der Waals surface area contributed by atoms with Gasteiger partial charge in [-0.1, -0.05) is 306 Å². The van der Waals surface area contributed by atoms with E-state index in [1.807, 2.05) is 0 Å². The molecule has 0 saturated heterocycles. The van der Waals surface area contributed by atoms with E-state index in [0.717, 1.165) is 89.9 Å². The summed E-state index contributed by atoms with van der Waals surface area (Å²) in [5, 5.41) is 0. The Kier molecular flexibility index (Phi) is 62.2. The Hall–Kier alpha value is -2.89. The lowest BCUT2D eigenvalue weighted by Crippen LogP contribution is -2.30. The van der Waals surface area contributed by atoms with Crippen LogP contribution in [-0.2, 0) is 28.6 Å². The molecule has 0 aliphatic rings. The van der Waals surface area contributed by atoms with Gasteiger partial charge in [0.25, 0.3) is 0 Å². The van der Waals surface area contributed by atoms with Gasteiger partial charge in [0.05, 0.1) is 0 Å². The number of allylic oxidation sites excluding steroid dienone is 10. The van der Waals surface area contributed by atoms with Gasteiger partial charge in [-0.25, -0.2) is 0 Å². The highest BCUT2D eigenvalue weighted by Crippen LogP contribution is 2.18. The Morgan fingerprint density at radius 3 is 0.842 bits per heavy atom. The molecule has 0 aromatic rings. The molecule has 6 heteroatoms. The van der Waals surface area contributed by atoms with E-state index >= 15 is 0 Å². The number of hydrogen-bond acceptors (Lipinski definition) is 6. The fraction of sp³-hybridized carbons (Fsp3) is 0.814. The van der Waals surface area contributed by atoms with Crippen molar-refractivity contribution in [3.63, 3.8) is 0 Å². The van der Waals surface area contributed by atoms with Gasteiger partial charge >= 0.3 is 17.9 Å². The summed E-state index contributed by atoms with van der Waals surface area (Å²) in [5.74, 6) is -0.862. The molecule has 0 aromatic heterocycles. The minimum Gasteiger partial charge on any atom is -0.462 e. The van der Waals surface area contributed by atoms with Gasteiger partial charge in [0.15, 0.2) is 6.10 Å². The normalized spacial score (nSPS) is 12.4. The Morgan fingerprint density at radius 2 is 0.513 bits per heavy atom. The van der Waals surface area contributed by atoms with Crippen LogP contribution in [-0.4, -0.2) is 37.2 Å². The fourth-order valence-corrected chi connectivity index (χ4v) is 9.79. The summed E-state index contributed by atoms with van der Waals surface area (Å²) in [6.07, 6.45) is 82.7. The summed E-state index contributed by atoms with van der Waals surface area (Å²) in [6.45, 7) is 6.53. The first-order valence-electron chi connectivity index (χ1n) is 33.3. The van der Waals surface area contributed by atoms with E-state index in [4.69, 9.17) is 14.2 Å². The molecule has 0 amide bonds. The molecule has 0 aromatic carbocycles. The van der Waals surface area contributed by atoms with Crippen LogP contribution in [0.25, 0.3) is 0 Å². The van der Waals surface area contributed by atoms with Crippen LogP contribution in [0.4, 0.5) is 0 Å². The summed E-state index contributed by atoms with van der Waals surface area (Å²) in [4.78, 5) is 38.1. The summed E-state index contributed by atoms with van der Waals surface area (Å²) in [7, 11) is 0. The molecule has 0 heterocycles. The fourth-order valence-electron chi connectivity index (χ4n) is 9.79. The third-order valence-corrected chi connectivity index (χ3v) is 14.8. The van der Waals surface area contributed by atoms with Crippen molar-refractivity contribution in [3.8, 4) is 0 Å². The van der Waals surface area contributed by atoms with Crippen molar-refractivity contribution in [1.82, 2.24) is 0 Å². The van der Waals surface area contributed by atoms with Crippen molar-refractivity contribution in [3.05, 3.63) is 60.8 Å². The Morgan fingerprint density at radius 1 is 0.276 bits per heavy atom. The van der Waals surface area contributed by atoms with Gasteiger partial charge in [-0.3, -0.25) is 14.4 Å². The predicted octanol–water partition coefficient (Wildman–Crippen LogP) is 22.7. The van der Waals surface area contributed by atoms with E-state index in [9.17, 15) is 14.4 Å². The van der Waals surface area contributed by atoms with Crippen molar-refractivity contribution < 1.29 is 28.6 Å². The first-order chi connectivity index (χ1) is 37.5. The molecule has 1 unspecified atom stereocenters. The van der Waals surface area contributed by atoms with E-state index in [2.05, 4.69) is 81.5 Å². The first-order valence-corrected chi connectivity index (χ1v) is 33.3. The predicted molar refractivity (Wildman–Crippen MR) is 330 cm³/mol. The van der Waals surface area contributed by atoms with Crippen LogP contribution in [0.15, 0.2) is 60.8 Å². The Bertz CT molecular complexity index is 1360. The van der Waals surface area contributed by atoms with Crippen molar-refractivity contribution in [2.45, 2.75) is 354 Å². The largest absolute Gasteiger partial charge is 0.462 e. The summed E-state index contributed by atoms with van der Waals surface area (Å²) < 4.78 is 16.9. The van der Waals surface area contributed by atoms with E-state index in [0.29, 0.717) is 19.3 Å².